The summed E-state index contributed by atoms with van der Waals surface area (Å²) in [4.78, 5) is 12.0. The van der Waals surface area contributed by atoms with Gasteiger partial charge in [0.25, 0.3) is 0 Å². The Kier molecular flexibility index (Phi) is 5.77. The van der Waals surface area contributed by atoms with Crippen LogP contribution in [0.4, 0.5) is 0 Å². The number of carbonyl (C=O) groups excluding carboxylic acids is 1. The highest BCUT2D eigenvalue weighted by Gasteiger charge is 2.01. The molecule has 0 heterocycles. The van der Waals surface area contributed by atoms with Crippen molar-refractivity contribution in [3.8, 4) is 0 Å². The third-order valence-corrected chi connectivity index (χ3v) is 3.61. The molecule has 0 saturated heterocycles. The zero-order valence-electron chi connectivity index (χ0n) is 12.2. The normalized spacial score (nSPS) is 11.0. The molecular formula is C19H19ClO. The number of hydrogen-bond donors (Lipinski definition) is 0. The number of hydrogen-bond acceptors (Lipinski definition) is 1. The molecule has 0 aliphatic rings. The molecule has 0 aliphatic heterocycles. The van der Waals surface area contributed by atoms with Crippen molar-refractivity contribution in [2.45, 2.75) is 26.2 Å². The molecule has 0 spiro atoms. The number of allylic oxidation sites excluding steroid dienone is 1. The number of ketones is 1. The van der Waals surface area contributed by atoms with Crippen molar-refractivity contribution in [2.24, 2.45) is 0 Å². The molecule has 2 heteroatoms. The maximum absolute atomic E-state index is 12.0. The second kappa shape index (κ2) is 7.80. The average Bonchev–Trinajstić information content (AvgIpc) is 2.52. The van der Waals surface area contributed by atoms with E-state index in [-0.39, 0.29) is 5.78 Å². The monoisotopic (exact) mass is 298 g/mol. The minimum atomic E-state index is -0.0123. The number of unbranched alkanes of at least 4 members (excludes halogenated alkanes) is 1. The second-order valence-electron chi connectivity index (χ2n) is 5.05. The number of benzene rings is 2. The van der Waals surface area contributed by atoms with Crippen molar-refractivity contribution in [1.82, 2.24) is 0 Å². The SMILES string of the molecule is CCCCc1ccc(C=CC(=O)c2ccc(Cl)cc2)cc1. The molecule has 0 aliphatic carbocycles. The maximum atomic E-state index is 12.0. The van der Waals surface area contributed by atoms with Gasteiger partial charge in [-0.3, -0.25) is 4.79 Å². The molecule has 0 atom stereocenters. The lowest BCUT2D eigenvalue weighted by atomic mass is 10.1. The predicted octanol–water partition coefficient (Wildman–Crippen LogP) is 5.58. The van der Waals surface area contributed by atoms with Gasteiger partial charge in [-0.15, -0.1) is 0 Å². The third-order valence-electron chi connectivity index (χ3n) is 3.35. The van der Waals surface area contributed by atoms with Gasteiger partial charge in [-0.1, -0.05) is 55.3 Å². The zero-order valence-corrected chi connectivity index (χ0v) is 12.9. The topological polar surface area (TPSA) is 17.1 Å². The summed E-state index contributed by atoms with van der Waals surface area (Å²) in [6, 6.07) is 15.3. The zero-order chi connectivity index (χ0) is 15.1. The van der Waals surface area contributed by atoms with Crippen LogP contribution < -0.4 is 0 Å². The Balaban J connectivity index is 2.00. The fraction of sp³-hybridized carbons (Fsp3) is 0.211. The van der Waals surface area contributed by atoms with Crippen LogP contribution in [-0.2, 0) is 6.42 Å². The van der Waals surface area contributed by atoms with Crippen molar-refractivity contribution in [3.05, 3.63) is 76.3 Å². The predicted molar refractivity (Wildman–Crippen MR) is 89.9 cm³/mol. The summed E-state index contributed by atoms with van der Waals surface area (Å²) in [6.45, 7) is 2.19. The minimum absolute atomic E-state index is 0.0123. The Bertz CT molecular complexity index is 609. The number of halogens is 1. The summed E-state index contributed by atoms with van der Waals surface area (Å²) in [5.74, 6) is -0.0123. The Labute approximate surface area is 131 Å². The van der Waals surface area contributed by atoms with E-state index in [1.54, 1.807) is 30.3 Å². The van der Waals surface area contributed by atoms with Gasteiger partial charge in [-0.25, -0.2) is 0 Å². The first-order valence-corrected chi connectivity index (χ1v) is 7.64. The Hall–Kier alpha value is -1.86. The lowest BCUT2D eigenvalue weighted by Crippen LogP contribution is -1.93. The average molecular weight is 299 g/mol. The van der Waals surface area contributed by atoms with Crippen LogP contribution in [0.1, 0.15) is 41.3 Å². The van der Waals surface area contributed by atoms with Gasteiger partial charge in [0, 0.05) is 10.6 Å². The second-order valence-corrected chi connectivity index (χ2v) is 5.49. The molecule has 0 fully saturated rings. The lowest BCUT2D eigenvalue weighted by Gasteiger charge is -2.00. The van der Waals surface area contributed by atoms with Gasteiger partial charge < -0.3 is 0 Å². The number of aryl methyl sites for hydroxylation is 1. The molecule has 0 bridgehead atoms. The highest BCUT2D eigenvalue weighted by Crippen LogP contribution is 2.12. The van der Waals surface area contributed by atoms with Crippen LogP contribution in [0, 0.1) is 0 Å². The molecule has 2 aromatic rings. The fourth-order valence-electron chi connectivity index (χ4n) is 2.06. The van der Waals surface area contributed by atoms with Gasteiger partial charge in [0.1, 0.15) is 0 Å². The van der Waals surface area contributed by atoms with Crippen molar-refractivity contribution in [2.75, 3.05) is 0 Å². The molecule has 2 aromatic carbocycles. The summed E-state index contributed by atoms with van der Waals surface area (Å²) in [6.07, 6.45) is 6.98. The van der Waals surface area contributed by atoms with Crippen LogP contribution in [0.3, 0.4) is 0 Å². The molecular weight excluding hydrogens is 280 g/mol. The Morgan fingerprint density at radius 2 is 1.71 bits per heavy atom. The molecule has 0 unspecified atom stereocenters. The standard InChI is InChI=1S/C19H19ClO/c1-2-3-4-15-5-7-16(8-6-15)9-14-19(21)17-10-12-18(20)13-11-17/h5-14H,2-4H2,1H3. The summed E-state index contributed by atoms with van der Waals surface area (Å²) in [7, 11) is 0. The summed E-state index contributed by atoms with van der Waals surface area (Å²) >= 11 is 5.81. The van der Waals surface area contributed by atoms with Crippen LogP contribution >= 0.6 is 11.6 Å². The van der Waals surface area contributed by atoms with E-state index in [0.29, 0.717) is 10.6 Å². The van der Waals surface area contributed by atoms with Gasteiger partial charge in [0.2, 0.25) is 0 Å². The highest BCUT2D eigenvalue weighted by molar-refractivity contribution is 6.30. The van der Waals surface area contributed by atoms with Gasteiger partial charge >= 0.3 is 0 Å². The molecule has 0 amide bonds. The summed E-state index contributed by atoms with van der Waals surface area (Å²) < 4.78 is 0. The quantitative estimate of drug-likeness (QED) is 0.502. The molecule has 2 rings (SSSR count). The molecule has 1 nitrogen and oxygen atoms in total. The number of rotatable bonds is 6. The highest BCUT2D eigenvalue weighted by atomic mass is 35.5. The number of carbonyl (C=O) groups is 1. The molecule has 0 saturated carbocycles. The van der Waals surface area contributed by atoms with Gasteiger partial charge in [0.15, 0.2) is 5.78 Å². The van der Waals surface area contributed by atoms with E-state index in [1.165, 1.54) is 18.4 Å². The van der Waals surface area contributed by atoms with Crippen molar-refractivity contribution >= 4 is 23.5 Å². The van der Waals surface area contributed by atoms with Crippen LogP contribution in [0.5, 0.6) is 0 Å². The fourth-order valence-corrected chi connectivity index (χ4v) is 2.18. The third kappa shape index (κ3) is 4.87. The van der Waals surface area contributed by atoms with E-state index in [2.05, 4.69) is 31.2 Å². The van der Waals surface area contributed by atoms with Gasteiger partial charge in [0.05, 0.1) is 0 Å². The van der Waals surface area contributed by atoms with Crippen molar-refractivity contribution < 1.29 is 4.79 Å². The first kappa shape index (κ1) is 15.5. The van der Waals surface area contributed by atoms with E-state index >= 15 is 0 Å². The van der Waals surface area contributed by atoms with Crippen LogP contribution in [0.25, 0.3) is 6.08 Å². The van der Waals surface area contributed by atoms with Crippen molar-refractivity contribution in [1.29, 1.82) is 0 Å². The molecule has 0 N–H and O–H groups in total. The van der Waals surface area contributed by atoms with E-state index in [1.807, 2.05) is 6.08 Å². The summed E-state index contributed by atoms with van der Waals surface area (Å²) in [5, 5.41) is 0.637. The molecule has 21 heavy (non-hydrogen) atoms. The Morgan fingerprint density at radius 3 is 2.33 bits per heavy atom. The first-order valence-electron chi connectivity index (χ1n) is 7.26. The van der Waals surface area contributed by atoms with E-state index in [4.69, 9.17) is 11.6 Å². The maximum Gasteiger partial charge on any atom is 0.185 e. The smallest absolute Gasteiger partial charge is 0.185 e. The molecule has 0 radical (unpaired) electrons. The van der Waals surface area contributed by atoms with Gasteiger partial charge in [-0.05, 0) is 54.3 Å². The van der Waals surface area contributed by atoms with Crippen molar-refractivity contribution in [3.63, 3.8) is 0 Å². The van der Waals surface area contributed by atoms with Crippen LogP contribution in [-0.4, -0.2) is 5.78 Å². The molecule has 108 valence electrons. The molecule has 0 aromatic heterocycles. The first-order chi connectivity index (χ1) is 10.2. The van der Waals surface area contributed by atoms with E-state index < -0.39 is 0 Å². The van der Waals surface area contributed by atoms with Crippen LogP contribution in [0.2, 0.25) is 5.02 Å². The van der Waals surface area contributed by atoms with Gasteiger partial charge in [-0.2, -0.15) is 0 Å². The van der Waals surface area contributed by atoms with E-state index in [0.717, 1.165) is 12.0 Å². The van der Waals surface area contributed by atoms with E-state index in [9.17, 15) is 4.79 Å². The van der Waals surface area contributed by atoms with Crippen LogP contribution in [0.15, 0.2) is 54.6 Å². The summed E-state index contributed by atoms with van der Waals surface area (Å²) in [5.41, 5.74) is 3.03. The largest absolute Gasteiger partial charge is 0.289 e. The lowest BCUT2D eigenvalue weighted by molar-refractivity contribution is 0.104. The minimum Gasteiger partial charge on any atom is -0.289 e. The Morgan fingerprint density at radius 1 is 1.05 bits per heavy atom.